The Bertz CT molecular complexity index is 933. The van der Waals surface area contributed by atoms with Gasteiger partial charge in [0.15, 0.2) is 9.74 Å². The fourth-order valence-corrected chi connectivity index (χ4v) is 10.4. The Morgan fingerprint density at radius 2 is 1.32 bits per heavy atom. The van der Waals surface area contributed by atoms with E-state index >= 15 is 0 Å². The highest BCUT2D eigenvalue weighted by Crippen LogP contribution is 2.70. The number of piperazine rings is 1. The molecule has 2 aliphatic carbocycles. The number of ether oxygens (including phenoxy) is 1. The highest BCUT2D eigenvalue weighted by molar-refractivity contribution is 8.78. The molecule has 2 amide bonds. The lowest BCUT2D eigenvalue weighted by Gasteiger charge is -2.59. The van der Waals surface area contributed by atoms with E-state index in [1.807, 2.05) is 0 Å². The van der Waals surface area contributed by atoms with Gasteiger partial charge < -0.3 is 29.9 Å². The molecule has 5 heterocycles. The topological polar surface area (TPSA) is 145 Å². The first kappa shape index (κ1) is 20.4. The zero-order valence-electron chi connectivity index (χ0n) is 16.5. The summed E-state index contributed by atoms with van der Waals surface area (Å²) in [4.78, 5) is 53.2. The number of aliphatic hydroxyl groups excluding tert-OH is 3. The number of amides is 2. The lowest BCUT2D eigenvalue weighted by atomic mass is 9.79. The largest absolute Gasteiger partial charge is 0.390 e. The Morgan fingerprint density at radius 3 is 1.84 bits per heavy atom. The average molecular weight is 471 g/mol. The maximum atomic E-state index is 13.9. The number of carbonyl (C=O) groups is 4. The molecule has 5 aliphatic heterocycles. The van der Waals surface area contributed by atoms with Crippen LogP contribution in [-0.4, -0.2) is 102 Å². The van der Waals surface area contributed by atoms with Crippen LogP contribution in [0.25, 0.3) is 0 Å². The molecule has 0 radical (unpaired) electrons. The van der Waals surface area contributed by atoms with Crippen LogP contribution in [0.15, 0.2) is 0 Å². The Morgan fingerprint density at radius 1 is 0.839 bits per heavy atom. The minimum atomic E-state index is -1.41. The van der Waals surface area contributed by atoms with Gasteiger partial charge in [0.1, 0.15) is 23.8 Å². The van der Waals surface area contributed by atoms with Crippen molar-refractivity contribution in [2.75, 3.05) is 7.11 Å². The van der Waals surface area contributed by atoms with Crippen molar-refractivity contribution < 1.29 is 39.2 Å². The summed E-state index contributed by atoms with van der Waals surface area (Å²) in [6, 6.07) is -1.85. The molecular weight excluding hydrogens is 448 g/mol. The number of carbonyl (C=O) groups excluding carboxylic acids is 4. The van der Waals surface area contributed by atoms with Crippen molar-refractivity contribution in [1.29, 1.82) is 0 Å². The predicted octanol–water partition coefficient (Wildman–Crippen LogP) is -1.73. The van der Waals surface area contributed by atoms with E-state index in [0.29, 0.717) is 0 Å². The highest BCUT2D eigenvalue weighted by atomic mass is 33.1. The fourth-order valence-electron chi connectivity index (χ4n) is 6.60. The first-order valence-electron chi connectivity index (χ1n) is 10.3. The van der Waals surface area contributed by atoms with Crippen LogP contribution in [0.3, 0.4) is 0 Å². The van der Waals surface area contributed by atoms with Crippen LogP contribution in [-0.2, 0) is 23.9 Å². The lowest BCUT2D eigenvalue weighted by molar-refractivity contribution is -0.176. The molecule has 7 rings (SSSR count). The van der Waals surface area contributed by atoms with Gasteiger partial charge >= 0.3 is 0 Å². The van der Waals surface area contributed by atoms with Crippen molar-refractivity contribution in [1.82, 2.24) is 9.80 Å². The number of aliphatic hydroxyl groups is 3. The molecule has 7 fully saturated rings. The summed E-state index contributed by atoms with van der Waals surface area (Å²) in [7, 11) is 3.80. The summed E-state index contributed by atoms with van der Waals surface area (Å²) in [5.41, 5.74) is 0. The highest BCUT2D eigenvalue weighted by Gasteiger charge is 2.80. The van der Waals surface area contributed by atoms with Crippen LogP contribution < -0.4 is 0 Å². The molecule has 168 valence electrons. The molecule has 12 heteroatoms. The molecule has 0 aromatic heterocycles. The van der Waals surface area contributed by atoms with E-state index in [0.717, 1.165) is 0 Å². The van der Waals surface area contributed by atoms with Crippen LogP contribution in [0.1, 0.15) is 25.7 Å². The smallest absolute Gasteiger partial charge is 0.261 e. The third kappa shape index (κ3) is 2.17. The Labute approximate surface area is 185 Å². The minimum Gasteiger partial charge on any atom is -0.390 e. The zero-order valence-corrected chi connectivity index (χ0v) is 18.2. The second-order valence-corrected chi connectivity index (χ2v) is 12.0. The first-order chi connectivity index (χ1) is 14.7. The summed E-state index contributed by atoms with van der Waals surface area (Å²) >= 11 is 0. The molecule has 31 heavy (non-hydrogen) atoms. The third-order valence-corrected chi connectivity index (χ3v) is 11.6. The fraction of sp³-hybridized carbons (Fsp3) is 0.789. The number of rotatable bonds is 1. The zero-order chi connectivity index (χ0) is 22.0. The molecule has 7 aliphatic rings. The molecule has 10 atom stereocenters. The minimum absolute atomic E-state index is 0.0158. The van der Waals surface area contributed by atoms with Gasteiger partial charge in [0.05, 0.1) is 24.3 Å². The van der Waals surface area contributed by atoms with Crippen molar-refractivity contribution in [2.24, 2.45) is 11.8 Å². The number of ketones is 2. The van der Waals surface area contributed by atoms with Gasteiger partial charge in [0, 0.05) is 44.6 Å². The van der Waals surface area contributed by atoms with Crippen molar-refractivity contribution in [2.45, 2.75) is 71.9 Å². The van der Waals surface area contributed by atoms with E-state index in [1.165, 1.54) is 38.5 Å². The molecule has 2 saturated carbocycles. The van der Waals surface area contributed by atoms with Gasteiger partial charge in [-0.25, -0.2) is 0 Å². The van der Waals surface area contributed by atoms with E-state index in [9.17, 15) is 34.5 Å². The van der Waals surface area contributed by atoms with E-state index in [2.05, 4.69) is 0 Å². The first-order valence-corrected chi connectivity index (χ1v) is 12.5. The number of nitrogens with zero attached hydrogens (tertiary/aromatic N) is 2. The summed E-state index contributed by atoms with van der Waals surface area (Å²) < 4.78 is 5.28. The normalized spacial score (nSPS) is 52.9. The van der Waals surface area contributed by atoms with Gasteiger partial charge in [0.2, 0.25) is 0 Å². The molecular formula is C19H22N2O8S2. The molecule has 5 saturated heterocycles. The number of hydrogen-bond donors (Lipinski definition) is 3. The van der Waals surface area contributed by atoms with Gasteiger partial charge in [-0.3, -0.25) is 19.2 Å². The maximum absolute atomic E-state index is 13.9. The van der Waals surface area contributed by atoms with Crippen molar-refractivity contribution >= 4 is 45.0 Å². The van der Waals surface area contributed by atoms with Gasteiger partial charge in [-0.05, 0) is 0 Å². The standard InChI is InChI=1S/C19H22N2O8S2/c1-29-11-3-9(23)7-5-19-16(27)20-12-6(8(22)2-10(24)14(12)25)4-18(20,30-31-19)17(28)21(19)13(7)15(11)26/h6-7,10-15,24-26H,2-5H2,1H3/t6-,7-,10-,11-,12-,13-,14-,15-,18+,19+/m0/s1. The monoisotopic (exact) mass is 470 g/mol. The molecule has 2 spiro atoms. The number of fused-ring (bicyclic) bond motifs is 3. The molecule has 10 nitrogen and oxygen atoms in total. The summed E-state index contributed by atoms with van der Waals surface area (Å²) in [6.45, 7) is 0. The van der Waals surface area contributed by atoms with Gasteiger partial charge in [-0.1, -0.05) is 21.6 Å². The van der Waals surface area contributed by atoms with Crippen molar-refractivity contribution in [3.05, 3.63) is 0 Å². The Kier molecular flexibility index (Phi) is 4.11. The molecule has 3 N–H and O–H groups in total. The second-order valence-electron chi connectivity index (χ2n) is 9.35. The molecule has 2 bridgehead atoms. The lowest BCUT2D eigenvalue weighted by Crippen LogP contribution is -2.78. The predicted molar refractivity (Wildman–Crippen MR) is 106 cm³/mol. The Balaban J connectivity index is 1.48. The Hall–Kier alpha value is -1.18. The van der Waals surface area contributed by atoms with Crippen molar-refractivity contribution in [3.63, 3.8) is 0 Å². The molecule has 0 unspecified atom stereocenters. The van der Waals surface area contributed by atoms with Crippen LogP contribution in [0, 0.1) is 11.8 Å². The van der Waals surface area contributed by atoms with Gasteiger partial charge in [-0.2, -0.15) is 0 Å². The average Bonchev–Trinajstić information content (AvgIpc) is 3.28. The molecule has 0 aromatic carbocycles. The van der Waals surface area contributed by atoms with Crippen LogP contribution in [0.5, 0.6) is 0 Å². The third-order valence-electron chi connectivity index (χ3n) is 8.03. The van der Waals surface area contributed by atoms with Crippen LogP contribution in [0.2, 0.25) is 0 Å². The van der Waals surface area contributed by atoms with Gasteiger partial charge in [0.25, 0.3) is 11.8 Å². The summed E-state index contributed by atoms with van der Waals surface area (Å²) in [6.07, 6.45) is -4.58. The van der Waals surface area contributed by atoms with E-state index in [4.69, 9.17) is 4.74 Å². The SMILES string of the molecule is CO[C@H]1CC(=O)[C@@H]2C[C@@]34SS[C@]5(C[C@H]6C(=O)C[C@H](O)[C@H](O)[C@H]6N5C3=O)C(=O)N4[C@@H]2[C@H]1O. The van der Waals surface area contributed by atoms with Gasteiger partial charge in [-0.15, -0.1) is 0 Å². The molecule has 0 aromatic rings. The van der Waals surface area contributed by atoms with Crippen LogP contribution in [0.4, 0.5) is 0 Å². The van der Waals surface area contributed by atoms with E-state index in [1.54, 1.807) is 0 Å². The quantitative estimate of drug-likeness (QED) is 0.378. The van der Waals surface area contributed by atoms with E-state index < -0.39 is 69.9 Å². The number of Topliss-reactive ketones (excluding diaryl/α,β-unsaturated/α-hetero) is 2. The van der Waals surface area contributed by atoms with Crippen molar-refractivity contribution in [3.8, 4) is 0 Å². The second kappa shape index (κ2) is 6.23. The summed E-state index contributed by atoms with van der Waals surface area (Å²) in [5.74, 6) is -2.71. The number of methoxy groups -OCH3 is 1. The van der Waals surface area contributed by atoms with E-state index in [-0.39, 0.29) is 37.2 Å². The maximum Gasteiger partial charge on any atom is 0.261 e. The number of hydrogen-bond acceptors (Lipinski definition) is 10. The van der Waals surface area contributed by atoms with Crippen LogP contribution >= 0.6 is 21.6 Å². The summed E-state index contributed by atoms with van der Waals surface area (Å²) in [5, 5.41) is 31.8.